The first-order valence-electron chi connectivity index (χ1n) is 9.68. The second-order valence-corrected chi connectivity index (χ2v) is 7.25. The lowest BCUT2D eigenvalue weighted by Crippen LogP contribution is -2.44. The molecule has 1 atom stereocenters. The van der Waals surface area contributed by atoms with Crippen LogP contribution in [0.3, 0.4) is 0 Å². The number of carbonyl (C=O) groups is 2. The van der Waals surface area contributed by atoms with E-state index in [2.05, 4.69) is 24.3 Å². The molecule has 4 heteroatoms. The van der Waals surface area contributed by atoms with E-state index in [0.29, 0.717) is 5.92 Å². The van der Waals surface area contributed by atoms with Crippen molar-refractivity contribution in [2.75, 3.05) is 13.1 Å². The highest BCUT2D eigenvalue weighted by atomic mass is 16.5. The largest absolute Gasteiger partial charge is 0.452 e. The molecule has 142 valence electrons. The van der Waals surface area contributed by atoms with Crippen molar-refractivity contribution in [1.29, 1.82) is 0 Å². The highest BCUT2D eigenvalue weighted by Gasteiger charge is 2.28. The molecule has 1 amide bonds. The molecule has 2 aromatic carbocycles. The fourth-order valence-corrected chi connectivity index (χ4v) is 3.61. The van der Waals surface area contributed by atoms with E-state index in [0.717, 1.165) is 37.9 Å². The van der Waals surface area contributed by atoms with E-state index >= 15 is 0 Å². The lowest BCUT2D eigenvalue weighted by Gasteiger charge is -2.33. The summed E-state index contributed by atoms with van der Waals surface area (Å²) in [4.78, 5) is 26.5. The third-order valence-electron chi connectivity index (χ3n) is 5.14. The van der Waals surface area contributed by atoms with Gasteiger partial charge in [0.05, 0.1) is 6.42 Å². The number of benzene rings is 2. The summed E-state index contributed by atoms with van der Waals surface area (Å²) in [5.41, 5.74) is 2.24. The van der Waals surface area contributed by atoms with Gasteiger partial charge in [-0.3, -0.25) is 9.59 Å². The van der Waals surface area contributed by atoms with Gasteiger partial charge in [-0.15, -0.1) is 0 Å². The van der Waals surface area contributed by atoms with Gasteiger partial charge in [0, 0.05) is 13.1 Å². The Labute approximate surface area is 161 Å². The summed E-state index contributed by atoms with van der Waals surface area (Å²) >= 11 is 0. The maximum Gasteiger partial charge on any atom is 0.311 e. The molecule has 0 spiro atoms. The molecule has 1 fully saturated rings. The van der Waals surface area contributed by atoms with Crippen LogP contribution in [0.2, 0.25) is 0 Å². The minimum absolute atomic E-state index is 0.0884. The van der Waals surface area contributed by atoms with Gasteiger partial charge in [0.1, 0.15) is 0 Å². The predicted octanol–water partition coefficient (Wildman–Crippen LogP) is 3.64. The van der Waals surface area contributed by atoms with E-state index in [9.17, 15) is 9.59 Å². The maximum absolute atomic E-state index is 12.6. The minimum atomic E-state index is -0.730. The van der Waals surface area contributed by atoms with Crippen molar-refractivity contribution in [2.45, 2.75) is 38.7 Å². The quantitative estimate of drug-likeness (QED) is 0.734. The number of piperidine rings is 1. The zero-order chi connectivity index (χ0) is 19.1. The average molecular weight is 365 g/mol. The molecule has 1 heterocycles. The number of esters is 1. The first-order chi connectivity index (χ1) is 13.1. The normalized spacial score (nSPS) is 16.0. The number of carbonyl (C=O) groups excluding carboxylic acids is 2. The molecule has 0 aromatic heterocycles. The van der Waals surface area contributed by atoms with E-state index < -0.39 is 6.10 Å². The summed E-state index contributed by atoms with van der Waals surface area (Å²) in [6, 6.07) is 19.9. The van der Waals surface area contributed by atoms with E-state index in [-0.39, 0.29) is 18.3 Å². The number of amides is 1. The van der Waals surface area contributed by atoms with Gasteiger partial charge in [-0.05, 0) is 43.2 Å². The van der Waals surface area contributed by atoms with Crippen molar-refractivity contribution >= 4 is 11.9 Å². The van der Waals surface area contributed by atoms with Crippen LogP contribution in [0, 0.1) is 5.92 Å². The second-order valence-electron chi connectivity index (χ2n) is 7.25. The van der Waals surface area contributed by atoms with Gasteiger partial charge in [0.25, 0.3) is 5.91 Å². The Morgan fingerprint density at radius 2 is 1.52 bits per heavy atom. The van der Waals surface area contributed by atoms with Crippen LogP contribution in [0.25, 0.3) is 0 Å². The Balaban J connectivity index is 1.43. The summed E-state index contributed by atoms with van der Waals surface area (Å²) in [7, 11) is 0. The SMILES string of the molecule is CC(OC(=O)Cc1ccccc1)C(=O)N1CCC(Cc2ccccc2)CC1. The van der Waals surface area contributed by atoms with E-state index in [1.54, 1.807) is 6.92 Å². The Morgan fingerprint density at radius 3 is 2.11 bits per heavy atom. The number of rotatable bonds is 6. The van der Waals surface area contributed by atoms with Crippen molar-refractivity contribution in [3.05, 3.63) is 71.8 Å². The summed E-state index contributed by atoms with van der Waals surface area (Å²) in [6.07, 6.45) is 2.51. The molecule has 2 aromatic rings. The maximum atomic E-state index is 12.6. The smallest absolute Gasteiger partial charge is 0.311 e. The molecule has 1 unspecified atom stereocenters. The highest BCUT2D eigenvalue weighted by Crippen LogP contribution is 2.22. The first-order valence-corrected chi connectivity index (χ1v) is 9.68. The number of ether oxygens (including phenoxy) is 1. The molecule has 3 rings (SSSR count). The second kappa shape index (κ2) is 9.36. The van der Waals surface area contributed by atoms with Gasteiger partial charge >= 0.3 is 5.97 Å². The zero-order valence-electron chi connectivity index (χ0n) is 15.8. The number of hydrogen-bond donors (Lipinski definition) is 0. The third-order valence-corrected chi connectivity index (χ3v) is 5.14. The lowest BCUT2D eigenvalue weighted by atomic mass is 9.90. The van der Waals surface area contributed by atoms with Gasteiger partial charge < -0.3 is 9.64 Å². The molecular formula is C23H27NO3. The Kier molecular flexibility index (Phi) is 6.64. The molecule has 0 N–H and O–H groups in total. The van der Waals surface area contributed by atoms with Crippen molar-refractivity contribution in [3.8, 4) is 0 Å². The van der Waals surface area contributed by atoms with Crippen molar-refractivity contribution in [1.82, 2.24) is 4.90 Å². The Morgan fingerprint density at radius 1 is 0.963 bits per heavy atom. The van der Waals surface area contributed by atoms with Crippen LogP contribution < -0.4 is 0 Å². The van der Waals surface area contributed by atoms with Gasteiger partial charge in [-0.1, -0.05) is 60.7 Å². The Bertz CT molecular complexity index is 737. The summed E-state index contributed by atoms with van der Waals surface area (Å²) in [5, 5.41) is 0. The standard InChI is InChI=1S/C23H27NO3/c1-18(27-22(25)17-20-10-6-3-7-11-20)23(26)24-14-12-21(13-15-24)16-19-8-4-2-5-9-19/h2-11,18,21H,12-17H2,1H3. The van der Waals surface area contributed by atoms with Crippen LogP contribution in [-0.2, 0) is 27.2 Å². The van der Waals surface area contributed by atoms with Gasteiger partial charge in [-0.2, -0.15) is 0 Å². The summed E-state index contributed by atoms with van der Waals surface area (Å²) in [5.74, 6) is 0.156. The van der Waals surface area contributed by atoms with Crippen LogP contribution in [0.5, 0.6) is 0 Å². The summed E-state index contributed by atoms with van der Waals surface area (Å²) < 4.78 is 5.36. The van der Waals surface area contributed by atoms with Crippen LogP contribution >= 0.6 is 0 Å². The van der Waals surface area contributed by atoms with E-state index in [1.807, 2.05) is 41.3 Å². The molecule has 1 aliphatic rings. The number of likely N-dealkylation sites (tertiary alicyclic amines) is 1. The predicted molar refractivity (Wildman–Crippen MR) is 105 cm³/mol. The average Bonchev–Trinajstić information content (AvgIpc) is 2.69. The zero-order valence-corrected chi connectivity index (χ0v) is 15.8. The molecule has 0 radical (unpaired) electrons. The lowest BCUT2D eigenvalue weighted by molar-refractivity contribution is -0.159. The van der Waals surface area contributed by atoms with Gasteiger partial charge in [-0.25, -0.2) is 0 Å². The molecule has 1 saturated heterocycles. The van der Waals surface area contributed by atoms with Gasteiger partial charge in [0.2, 0.25) is 0 Å². The molecule has 0 bridgehead atoms. The van der Waals surface area contributed by atoms with Crippen molar-refractivity contribution in [3.63, 3.8) is 0 Å². The van der Waals surface area contributed by atoms with Crippen LogP contribution in [0.1, 0.15) is 30.9 Å². The van der Waals surface area contributed by atoms with Gasteiger partial charge in [0.15, 0.2) is 6.10 Å². The molecule has 27 heavy (non-hydrogen) atoms. The molecule has 1 aliphatic heterocycles. The summed E-state index contributed by atoms with van der Waals surface area (Å²) in [6.45, 7) is 3.13. The van der Waals surface area contributed by atoms with Crippen LogP contribution in [0.15, 0.2) is 60.7 Å². The Hall–Kier alpha value is -2.62. The number of nitrogens with zero attached hydrogens (tertiary/aromatic N) is 1. The molecule has 0 saturated carbocycles. The van der Waals surface area contributed by atoms with E-state index in [4.69, 9.17) is 4.74 Å². The monoisotopic (exact) mass is 365 g/mol. The highest BCUT2D eigenvalue weighted by molar-refractivity contribution is 5.84. The van der Waals surface area contributed by atoms with Crippen molar-refractivity contribution < 1.29 is 14.3 Å². The van der Waals surface area contributed by atoms with E-state index in [1.165, 1.54) is 5.56 Å². The van der Waals surface area contributed by atoms with Crippen LogP contribution in [-0.4, -0.2) is 36.0 Å². The fourth-order valence-electron chi connectivity index (χ4n) is 3.61. The molecule has 0 aliphatic carbocycles. The minimum Gasteiger partial charge on any atom is -0.452 e. The third kappa shape index (κ3) is 5.68. The topological polar surface area (TPSA) is 46.6 Å². The fraction of sp³-hybridized carbons (Fsp3) is 0.391. The molecule has 4 nitrogen and oxygen atoms in total. The number of hydrogen-bond acceptors (Lipinski definition) is 3. The first kappa shape index (κ1) is 19.2. The van der Waals surface area contributed by atoms with Crippen molar-refractivity contribution in [2.24, 2.45) is 5.92 Å². The molecular weight excluding hydrogens is 338 g/mol. The van der Waals surface area contributed by atoms with Crippen LogP contribution in [0.4, 0.5) is 0 Å².